The third-order valence-corrected chi connectivity index (χ3v) is 7.28. The van der Waals surface area contributed by atoms with Crippen LogP contribution in [-0.4, -0.2) is 24.7 Å². The Morgan fingerprint density at radius 2 is 1.70 bits per heavy atom. The molecule has 1 unspecified atom stereocenters. The summed E-state index contributed by atoms with van der Waals surface area (Å²) < 4.78 is 25.7. The number of fused-ring (bicyclic) bond motifs is 1. The van der Waals surface area contributed by atoms with E-state index in [9.17, 15) is 23.4 Å². The highest BCUT2D eigenvalue weighted by Gasteiger charge is 2.18. The van der Waals surface area contributed by atoms with Crippen LogP contribution in [-0.2, 0) is 28.7 Å². The summed E-state index contributed by atoms with van der Waals surface area (Å²) in [5, 5.41) is 27.7. The molecule has 8 nitrogen and oxygen atoms in total. The molecule has 0 aromatic heterocycles. The molecule has 3 aromatic rings. The number of carbonyl (C=O) groups is 1. The molecule has 3 aromatic carbocycles. The average molecular weight is 468 g/mol. The minimum atomic E-state index is -3.53. The number of hydrogen-bond acceptors (Lipinski definition) is 6. The predicted octanol–water partition coefficient (Wildman–Crippen LogP) is 3.56. The number of sulfone groups is 1. The Hall–Kier alpha value is -3.56. The lowest BCUT2D eigenvalue weighted by molar-refractivity contribution is 0.249. The molecule has 1 heterocycles. The van der Waals surface area contributed by atoms with E-state index in [1.807, 2.05) is 18.2 Å². The molecule has 0 saturated carbocycles. The number of anilines is 1. The normalized spacial score (nSPS) is 13.8. The topological polar surface area (TPSA) is 128 Å². The Bertz CT molecular complexity index is 1290. The fraction of sp³-hybridized carbons (Fsp3) is 0.208. The minimum absolute atomic E-state index is 0.0927. The van der Waals surface area contributed by atoms with Crippen molar-refractivity contribution in [3.05, 3.63) is 82.9 Å². The van der Waals surface area contributed by atoms with Gasteiger partial charge in [0, 0.05) is 18.8 Å². The summed E-state index contributed by atoms with van der Waals surface area (Å²) in [6.07, 6.45) is 0. The fourth-order valence-electron chi connectivity index (χ4n) is 3.74. The van der Waals surface area contributed by atoms with Crippen LogP contribution < -0.4 is 16.0 Å². The molecule has 1 aliphatic heterocycles. The standard InChI is InChI=1S/C24H25N3O5S/c1-15(17-4-9-22(28)23(29)11-17)26-24(30)27-20-5-7-21(8-6-20)33(31,32)14-16-2-3-18-12-25-13-19(18)10-16/h2-11,15,25,28-29H,12-14H2,1H3,(H2,26,27,30). The predicted molar refractivity (Wildman–Crippen MR) is 125 cm³/mol. The van der Waals surface area contributed by atoms with Crippen LogP contribution in [0, 0.1) is 0 Å². The van der Waals surface area contributed by atoms with Crippen LogP contribution in [0.1, 0.15) is 35.2 Å². The average Bonchev–Trinajstić information content (AvgIpc) is 3.23. The number of phenolic OH excluding ortho intramolecular Hbond substituents is 2. The van der Waals surface area contributed by atoms with Gasteiger partial charge in [-0.2, -0.15) is 0 Å². The maximum absolute atomic E-state index is 12.8. The summed E-state index contributed by atoms with van der Waals surface area (Å²) in [5.74, 6) is -0.599. The van der Waals surface area contributed by atoms with Gasteiger partial charge < -0.3 is 26.2 Å². The van der Waals surface area contributed by atoms with Crippen LogP contribution in [0.25, 0.3) is 0 Å². The Balaban J connectivity index is 1.38. The number of rotatable bonds is 6. The van der Waals surface area contributed by atoms with Crippen LogP contribution in [0.3, 0.4) is 0 Å². The quantitative estimate of drug-likeness (QED) is 0.353. The first kappa shape index (κ1) is 22.6. The third-order valence-electron chi connectivity index (χ3n) is 5.58. The van der Waals surface area contributed by atoms with Crippen molar-refractivity contribution in [2.24, 2.45) is 0 Å². The molecule has 0 aliphatic carbocycles. The minimum Gasteiger partial charge on any atom is -0.504 e. The van der Waals surface area contributed by atoms with Crippen LogP contribution >= 0.6 is 0 Å². The Kier molecular flexibility index (Phi) is 6.26. The van der Waals surface area contributed by atoms with Crippen LogP contribution in [0.5, 0.6) is 11.5 Å². The van der Waals surface area contributed by atoms with Crippen molar-refractivity contribution in [1.82, 2.24) is 10.6 Å². The molecule has 0 fully saturated rings. The van der Waals surface area contributed by atoms with E-state index in [0.717, 1.165) is 24.2 Å². The van der Waals surface area contributed by atoms with Gasteiger partial charge in [0.2, 0.25) is 0 Å². The van der Waals surface area contributed by atoms with Gasteiger partial charge in [-0.15, -0.1) is 0 Å². The second kappa shape index (κ2) is 9.13. The first-order chi connectivity index (χ1) is 15.7. The molecule has 0 radical (unpaired) electrons. The molecular weight excluding hydrogens is 442 g/mol. The molecule has 0 saturated heterocycles. The van der Waals surface area contributed by atoms with Crippen molar-refractivity contribution in [1.29, 1.82) is 0 Å². The molecule has 33 heavy (non-hydrogen) atoms. The van der Waals surface area contributed by atoms with Crippen molar-refractivity contribution >= 4 is 21.6 Å². The molecule has 1 atom stereocenters. The second-order valence-electron chi connectivity index (χ2n) is 8.06. The van der Waals surface area contributed by atoms with Gasteiger partial charge in [-0.1, -0.05) is 24.3 Å². The summed E-state index contributed by atoms with van der Waals surface area (Å²) in [6.45, 7) is 3.29. The first-order valence-corrected chi connectivity index (χ1v) is 12.1. The zero-order valence-corrected chi connectivity index (χ0v) is 18.8. The van der Waals surface area contributed by atoms with Gasteiger partial charge in [0.1, 0.15) is 0 Å². The summed E-state index contributed by atoms with van der Waals surface area (Å²) in [6, 6.07) is 15.2. The van der Waals surface area contributed by atoms with Gasteiger partial charge in [0.05, 0.1) is 16.7 Å². The van der Waals surface area contributed by atoms with E-state index in [0.29, 0.717) is 11.3 Å². The SMILES string of the molecule is CC(NC(=O)Nc1ccc(S(=O)(=O)Cc2ccc3c(c2)CNC3)cc1)c1ccc(O)c(O)c1. The van der Waals surface area contributed by atoms with E-state index in [-0.39, 0.29) is 22.1 Å². The van der Waals surface area contributed by atoms with Gasteiger partial charge in [0.25, 0.3) is 0 Å². The molecule has 0 spiro atoms. The number of hydrogen-bond donors (Lipinski definition) is 5. The summed E-state index contributed by atoms with van der Waals surface area (Å²) in [4.78, 5) is 12.5. The fourth-order valence-corrected chi connectivity index (χ4v) is 5.08. The van der Waals surface area contributed by atoms with Gasteiger partial charge in [-0.3, -0.25) is 0 Å². The highest BCUT2D eigenvalue weighted by molar-refractivity contribution is 7.90. The first-order valence-electron chi connectivity index (χ1n) is 10.4. The zero-order valence-electron chi connectivity index (χ0n) is 18.0. The van der Waals surface area contributed by atoms with Crippen molar-refractivity contribution in [3.63, 3.8) is 0 Å². The summed E-state index contributed by atoms with van der Waals surface area (Å²) >= 11 is 0. The third kappa shape index (κ3) is 5.27. The second-order valence-corrected chi connectivity index (χ2v) is 10.0. The highest BCUT2D eigenvalue weighted by Crippen LogP contribution is 2.28. The van der Waals surface area contributed by atoms with E-state index < -0.39 is 21.9 Å². The number of carbonyl (C=O) groups excluding carboxylic acids is 1. The zero-order chi connectivity index (χ0) is 23.6. The van der Waals surface area contributed by atoms with Crippen molar-refractivity contribution in [3.8, 4) is 11.5 Å². The number of benzene rings is 3. The lowest BCUT2D eigenvalue weighted by Crippen LogP contribution is -2.31. The van der Waals surface area contributed by atoms with Crippen molar-refractivity contribution in [2.75, 3.05) is 5.32 Å². The Labute approximate surface area is 192 Å². The van der Waals surface area contributed by atoms with E-state index in [1.165, 1.54) is 42.0 Å². The molecule has 5 N–H and O–H groups in total. The van der Waals surface area contributed by atoms with Gasteiger partial charge >= 0.3 is 6.03 Å². The van der Waals surface area contributed by atoms with E-state index in [2.05, 4.69) is 16.0 Å². The molecule has 2 amide bonds. The molecule has 9 heteroatoms. The molecule has 4 rings (SSSR count). The Morgan fingerprint density at radius 1 is 0.970 bits per heavy atom. The van der Waals surface area contributed by atoms with E-state index >= 15 is 0 Å². The maximum atomic E-state index is 12.8. The van der Waals surface area contributed by atoms with Crippen LogP contribution in [0.2, 0.25) is 0 Å². The lowest BCUT2D eigenvalue weighted by Gasteiger charge is -2.16. The van der Waals surface area contributed by atoms with Crippen LogP contribution in [0.15, 0.2) is 65.6 Å². The van der Waals surface area contributed by atoms with Crippen molar-refractivity contribution < 1.29 is 23.4 Å². The number of amides is 2. The Morgan fingerprint density at radius 3 is 2.42 bits per heavy atom. The van der Waals surface area contributed by atoms with E-state index in [4.69, 9.17) is 0 Å². The molecule has 172 valence electrons. The van der Waals surface area contributed by atoms with E-state index in [1.54, 1.807) is 13.0 Å². The lowest BCUT2D eigenvalue weighted by atomic mass is 10.1. The van der Waals surface area contributed by atoms with Crippen molar-refractivity contribution in [2.45, 2.75) is 36.7 Å². The largest absolute Gasteiger partial charge is 0.504 e. The smallest absolute Gasteiger partial charge is 0.319 e. The van der Waals surface area contributed by atoms with Gasteiger partial charge in [-0.05, 0) is 65.6 Å². The van der Waals surface area contributed by atoms with Gasteiger partial charge in [-0.25, -0.2) is 13.2 Å². The highest BCUT2D eigenvalue weighted by atomic mass is 32.2. The number of urea groups is 1. The number of aromatic hydroxyl groups is 2. The number of nitrogens with one attached hydrogen (secondary N) is 3. The van der Waals surface area contributed by atoms with Crippen LogP contribution in [0.4, 0.5) is 10.5 Å². The number of phenols is 2. The van der Waals surface area contributed by atoms with Gasteiger partial charge in [0.15, 0.2) is 21.3 Å². The molecule has 1 aliphatic rings. The summed E-state index contributed by atoms with van der Waals surface area (Å²) in [7, 11) is -3.53. The maximum Gasteiger partial charge on any atom is 0.319 e. The monoisotopic (exact) mass is 467 g/mol. The summed E-state index contributed by atoms with van der Waals surface area (Å²) in [5.41, 5.74) is 4.12. The molecule has 0 bridgehead atoms. The molecular formula is C24H25N3O5S.